The Morgan fingerprint density at radius 1 is 1.43 bits per heavy atom. The average molecular weight is 322 g/mol. The molecular weight excluding hydrogens is 304 g/mol. The van der Waals surface area contributed by atoms with Gasteiger partial charge in [0.2, 0.25) is 5.91 Å². The first-order chi connectivity index (χ1) is 10.1. The van der Waals surface area contributed by atoms with Gasteiger partial charge in [0, 0.05) is 16.8 Å². The highest BCUT2D eigenvalue weighted by molar-refractivity contribution is 8.02. The smallest absolute Gasteiger partial charge is 0.237 e. The number of amides is 1. The van der Waals surface area contributed by atoms with Crippen LogP contribution in [0.3, 0.4) is 0 Å². The van der Waals surface area contributed by atoms with Gasteiger partial charge in [-0.25, -0.2) is 4.98 Å². The van der Waals surface area contributed by atoms with Crippen LogP contribution in [0.2, 0.25) is 0 Å². The number of nitrogens with one attached hydrogen (secondary N) is 1. The number of carbonyl (C=O) groups is 1. The van der Waals surface area contributed by atoms with E-state index in [1.165, 1.54) is 11.8 Å². The van der Waals surface area contributed by atoms with Crippen molar-refractivity contribution >= 4 is 34.7 Å². The van der Waals surface area contributed by atoms with E-state index in [1.54, 1.807) is 11.3 Å². The maximum absolute atomic E-state index is 12.1. The van der Waals surface area contributed by atoms with Gasteiger partial charge in [-0.05, 0) is 45.0 Å². The SMILES string of the molecule is CCOc1ccc(NC(=O)[C@H](C)Sc2nc(C)cs2)cc1. The van der Waals surface area contributed by atoms with E-state index >= 15 is 0 Å². The van der Waals surface area contributed by atoms with Gasteiger partial charge in [-0.1, -0.05) is 11.8 Å². The molecule has 0 spiro atoms. The molecular formula is C15H18N2O2S2. The highest BCUT2D eigenvalue weighted by Crippen LogP contribution is 2.27. The molecule has 0 unspecified atom stereocenters. The predicted molar refractivity (Wildman–Crippen MR) is 88.4 cm³/mol. The van der Waals surface area contributed by atoms with Crippen molar-refractivity contribution in [2.45, 2.75) is 30.4 Å². The molecule has 0 fully saturated rings. The van der Waals surface area contributed by atoms with E-state index in [1.807, 2.05) is 50.4 Å². The monoisotopic (exact) mass is 322 g/mol. The molecule has 4 nitrogen and oxygen atoms in total. The summed E-state index contributed by atoms with van der Waals surface area (Å²) in [6.07, 6.45) is 0. The standard InChI is InChI=1S/C15H18N2O2S2/c1-4-19-13-7-5-12(6-8-13)17-14(18)11(3)21-15-16-10(2)9-20-15/h5-9,11H,4H2,1-3H3,(H,17,18)/t11-/m0/s1. The Morgan fingerprint density at radius 2 is 2.14 bits per heavy atom. The number of rotatable bonds is 6. The number of hydrogen-bond donors (Lipinski definition) is 1. The predicted octanol–water partition coefficient (Wildman–Crippen LogP) is 3.97. The highest BCUT2D eigenvalue weighted by atomic mass is 32.2. The second-order valence-corrected chi connectivity index (χ2v) is 6.91. The van der Waals surface area contributed by atoms with Crippen molar-refractivity contribution in [1.29, 1.82) is 0 Å². The van der Waals surface area contributed by atoms with Crippen LogP contribution < -0.4 is 10.1 Å². The minimum Gasteiger partial charge on any atom is -0.494 e. The zero-order chi connectivity index (χ0) is 15.2. The molecule has 1 N–H and O–H groups in total. The van der Waals surface area contributed by atoms with Gasteiger partial charge in [0.1, 0.15) is 5.75 Å². The maximum Gasteiger partial charge on any atom is 0.237 e. The van der Waals surface area contributed by atoms with Crippen molar-refractivity contribution in [2.24, 2.45) is 0 Å². The first kappa shape index (κ1) is 15.9. The molecule has 0 bridgehead atoms. The molecule has 2 aromatic rings. The van der Waals surface area contributed by atoms with Crippen molar-refractivity contribution in [2.75, 3.05) is 11.9 Å². The minimum absolute atomic E-state index is 0.0305. The van der Waals surface area contributed by atoms with Crippen molar-refractivity contribution < 1.29 is 9.53 Å². The molecule has 0 aliphatic rings. The van der Waals surface area contributed by atoms with Gasteiger partial charge >= 0.3 is 0 Å². The van der Waals surface area contributed by atoms with E-state index in [2.05, 4.69) is 10.3 Å². The molecule has 2 rings (SSSR count). The van der Waals surface area contributed by atoms with Gasteiger partial charge in [0.15, 0.2) is 4.34 Å². The molecule has 0 aliphatic carbocycles. The summed E-state index contributed by atoms with van der Waals surface area (Å²) in [5.41, 5.74) is 1.76. The van der Waals surface area contributed by atoms with Crippen LogP contribution in [-0.2, 0) is 4.79 Å². The second-order valence-electron chi connectivity index (χ2n) is 4.46. The lowest BCUT2D eigenvalue weighted by molar-refractivity contribution is -0.115. The Hall–Kier alpha value is -1.53. The third kappa shape index (κ3) is 4.75. The number of ether oxygens (including phenoxy) is 1. The molecule has 112 valence electrons. The molecule has 1 heterocycles. The fraction of sp³-hybridized carbons (Fsp3) is 0.333. The van der Waals surface area contributed by atoms with Crippen LogP contribution >= 0.6 is 23.1 Å². The molecule has 1 atom stereocenters. The number of aryl methyl sites for hydroxylation is 1. The minimum atomic E-state index is -0.192. The number of aromatic nitrogens is 1. The molecule has 0 aliphatic heterocycles. The van der Waals surface area contributed by atoms with Gasteiger partial charge in [-0.3, -0.25) is 4.79 Å². The largest absolute Gasteiger partial charge is 0.494 e. The van der Waals surface area contributed by atoms with E-state index in [-0.39, 0.29) is 11.2 Å². The van der Waals surface area contributed by atoms with Crippen LogP contribution in [0.1, 0.15) is 19.5 Å². The zero-order valence-electron chi connectivity index (χ0n) is 12.3. The van der Waals surface area contributed by atoms with Crippen LogP contribution in [0.5, 0.6) is 5.75 Å². The maximum atomic E-state index is 12.1. The van der Waals surface area contributed by atoms with Gasteiger partial charge in [-0.2, -0.15) is 0 Å². The van der Waals surface area contributed by atoms with Crippen LogP contribution in [0, 0.1) is 6.92 Å². The molecule has 0 radical (unpaired) electrons. The van der Waals surface area contributed by atoms with Gasteiger partial charge in [0.05, 0.1) is 11.9 Å². The fourth-order valence-electron chi connectivity index (χ4n) is 1.64. The Morgan fingerprint density at radius 3 is 2.71 bits per heavy atom. The number of anilines is 1. The lowest BCUT2D eigenvalue weighted by Gasteiger charge is -2.11. The third-order valence-corrected chi connectivity index (χ3v) is 4.87. The summed E-state index contributed by atoms with van der Waals surface area (Å²) in [6.45, 7) is 6.40. The molecule has 21 heavy (non-hydrogen) atoms. The highest BCUT2D eigenvalue weighted by Gasteiger charge is 2.16. The van der Waals surface area contributed by atoms with Crippen LogP contribution in [-0.4, -0.2) is 22.7 Å². The van der Waals surface area contributed by atoms with E-state index in [9.17, 15) is 4.79 Å². The first-order valence-electron chi connectivity index (χ1n) is 6.71. The first-order valence-corrected chi connectivity index (χ1v) is 8.47. The Balaban J connectivity index is 1.90. The summed E-state index contributed by atoms with van der Waals surface area (Å²) in [5, 5.41) is 4.69. The molecule has 0 saturated carbocycles. The van der Waals surface area contributed by atoms with E-state index in [0.717, 1.165) is 21.5 Å². The summed E-state index contributed by atoms with van der Waals surface area (Å²) in [6, 6.07) is 7.38. The van der Waals surface area contributed by atoms with Crippen molar-refractivity contribution in [3.63, 3.8) is 0 Å². The topological polar surface area (TPSA) is 51.2 Å². The normalized spacial score (nSPS) is 12.0. The lowest BCUT2D eigenvalue weighted by atomic mass is 10.3. The fourth-order valence-corrected chi connectivity index (χ4v) is 3.62. The number of thioether (sulfide) groups is 1. The lowest BCUT2D eigenvalue weighted by Crippen LogP contribution is -2.22. The van der Waals surface area contributed by atoms with Gasteiger partial charge in [-0.15, -0.1) is 11.3 Å². The van der Waals surface area contributed by atoms with Gasteiger partial charge in [0.25, 0.3) is 0 Å². The summed E-state index contributed by atoms with van der Waals surface area (Å²) in [4.78, 5) is 16.5. The van der Waals surface area contributed by atoms with Crippen LogP contribution in [0.25, 0.3) is 0 Å². The number of benzene rings is 1. The molecule has 0 saturated heterocycles. The van der Waals surface area contributed by atoms with Gasteiger partial charge < -0.3 is 10.1 Å². The summed E-state index contributed by atoms with van der Waals surface area (Å²) in [7, 11) is 0. The number of nitrogens with zero attached hydrogens (tertiary/aromatic N) is 1. The summed E-state index contributed by atoms with van der Waals surface area (Å²) < 4.78 is 6.29. The van der Waals surface area contributed by atoms with E-state index in [0.29, 0.717) is 6.61 Å². The summed E-state index contributed by atoms with van der Waals surface area (Å²) in [5.74, 6) is 0.771. The Labute approximate surface area is 132 Å². The number of thiazole rings is 1. The van der Waals surface area contributed by atoms with Crippen LogP contribution in [0.4, 0.5) is 5.69 Å². The average Bonchev–Trinajstić information content (AvgIpc) is 2.86. The van der Waals surface area contributed by atoms with Crippen molar-refractivity contribution in [3.8, 4) is 5.75 Å². The number of carbonyl (C=O) groups excluding carboxylic acids is 1. The molecule has 6 heteroatoms. The van der Waals surface area contributed by atoms with Crippen molar-refractivity contribution in [3.05, 3.63) is 35.3 Å². The molecule has 1 aromatic heterocycles. The zero-order valence-corrected chi connectivity index (χ0v) is 13.9. The Kier molecular flexibility index (Phi) is 5.64. The van der Waals surface area contributed by atoms with E-state index < -0.39 is 0 Å². The van der Waals surface area contributed by atoms with Crippen LogP contribution in [0.15, 0.2) is 34.0 Å². The Bertz CT molecular complexity index is 596. The third-order valence-electron chi connectivity index (χ3n) is 2.68. The molecule has 1 aromatic carbocycles. The molecule has 1 amide bonds. The quantitative estimate of drug-likeness (QED) is 0.818. The second kappa shape index (κ2) is 7.47. The van der Waals surface area contributed by atoms with E-state index in [4.69, 9.17) is 4.74 Å². The summed E-state index contributed by atoms with van der Waals surface area (Å²) >= 11 is 3.04. The van der Waals surface area contributed by atoms with Crippen molar-refractivity contribution in [1.82, 2.24) is 4.98 Å². The number of hydrogen-bond acceptors (Lipinski definition) is 5.